The Morgan fingerprint density at radius 3 is 2.91 bits per heavy atom. The number of nitrogens with zero attached hydrogens (tertiary/aromatic N) is 2. The predicted molar refractivity (Wildman–Crippen MR) is 127 cm³/mol. The zero-order chi connectivity index (χ0) is 22.8. The maximum absolute atomic E-state index is 13.2. The number of amidine groups is 1. The Bertz CT molecular complexity index is 1180. The number of amides is 1. The van der Waals surface area contributed by atoms with Gasteiger partial charge in [0.15, 0.2) is 0 Å². The minimum atomic E-state index is -0.345. The summed E-state index contributed by atoms with van der Waals surface area (Å²) < 4.78 is 3.94. The third kappa shape index (κ3) is 4.30. The third-order valence-electron chi connectivity index (χ3n) is 5.33. The second-order valence-electron chi connectivity index (χ2n) is 7.86. The van der Waals surface area contributed by atoms with Crippen molar-refractivity contribution < 1.29 is 15.0 Å². The molecule has 9 heteroatoms. The number of carbonyl (C=O) groups is 1. The molecule has 2 aromatic carbocycles. The van der Waals surface area contributed by atoms with E-state index in [1.807, 2.05) is 25.1 Å². The first-order chi connectivity index (χ1) is 15.4. The lowest BCUT2D eigenvalue weighted by molar-refractivity contribution is 0.0989. The molecule has 32 heavy (non-hydrogen) atoms. The van der Waals surface area contributed by atoms with E-state index < -0.39 is 0 Å². The summed E-state index contributed by atoms with van der Waals surface area (Å²) in [7, 11) is 0. The van der Waals surface area contributed by atoms with Crippen molar-refractivity contribution in [2.75, 3.05) is 23.4 Å². The Hall–Kier alpha value is -3.43. The number of aryl methyl sites for hydroxylation is 1. The molecule has 0 fully saturated rings. The van der Waals surface area contributed by atoms with Gasteiger partial charge in [0.2, 0.25) is 5.88 Å². The maximum atomic E-state index is 13.2. The van der Waals surface area contributed by atoms with E-state index >= 15 is 0 Å². The minimum Gasteiger partial charge on any atom is -0.492 e. The average Bonchev–Trinajstić information content (AvgIpc) is 3.36. The highest BCUT2D eigenvalue weighted by atomic mass is 32.1. The summed E-state index contributed by atoms with van der Waals surface area (Å²) in [6.07, 6.45) is 0.839. The summed E-state index contributed by atoms with van der Waals surface area (Å²) in [5.74, 6) is -0.386. The first kappa shape index (κ1) is 21.8. The molecular weight excluding hydrogens is 426 g/mol. The fourth-order valence-electron chi connectivity index (χ4n) is 3.71. The minimum absolute atomic E-state index is 0.0449. The maximum Gasteiger partial charge on any atom is 0.258 e. The molecular formula is C23H25N5O3S. The van der Waals surface area contributed by atoms with Crippen molar-refractivity contribution in [1.29, 1.82) is 5.41 Å². The van der Waals surface area contributed by atoms with Crippen molar-refractivity contribution in [3.63, 3.8) is 0 Å². The van der Waals surface area contributed by atoms with E-state index in [2.05, 4.69) is 21.1 Å². The van der Waals surface area contributed by atoms with Gasteiger partial charge in [0.05, 0.1) is 6.61 Å². The Balaban J connectivity index is 1.55. The molecule has 1 atom stereocenters. The summed E-state index contributed by atoms with van der Waals surface area (Å²) in [5.41, 5.74) is 4.72. The van der Waals surface area contributed by atoms with E-state index in [4.69, 9.17) is 5.41 Å². The molecule has 0 saturated heterocycles. The lowest BCUT2D eigenvalue weighted by atomic mass is 10.1. The smallest absolute Gasteiger partial charge is 0.258 e. The number of benzene rings is 2. The molecule has 2 heterocycles. The van der Waals surface area contributed by atoms with Gasteiger partial charge in [-0.1, -0.05) is 23.8 Å². The molecule has 0 aliphatic carbocycles. The molecule has 0 radical (unpaired) electrons. The molecule has 1 amide bonds. The van der Waals surface area contributed by atoms with Crippen LogP contribution in [0.15, 0.2) is 42.5 Å². The van der Waals surface area contributed by atoms with Crippen molar-refractivity contribution >= 4 is 39.7 Å². The van der Waals surface area contributed by atoms with E-state index in [9.17, 15) is 15.0 Å². The van der Waals surface area contributed by atoms with Gasteiger partial charge in [0.25, 0.3) is 5.91 Å². The second-order valence-corrected chi connectivity index (χ2v) is 8.63. The number of hydrogen-bond donors (Lipinski definition) is 5. The zero-order valence-corrected chi connectivity index (χ0v) is 18.7. The molecule has 3 aromatic rings. The number of anilines is 3. The number of nitrogens with one attached hydrogen (secondary N) is 3. The molecule has 0 spiro atoms. The predicted octanol–water partition coefficient (Wildman–Crippen LogP) is 3.40. The normalized spacial score (nSPS) is 13.5. The van der Waals surface area contributed by atoms with Gasteiger partial charge in [0, 0.05) is 29.5 Å². The SMILES string of the molecule is Cc1ccc2c(c1)CCN2C(=O)c1cccc(Nc2snc(O)c2C(=N)NC(C)CO)c1. The first-order valence-corrected chi connectivity index (χ1v) is 11.1. The summed E-state index contributed by atoms with van der Waals surface area (Å²) >= 11 is 1.02. The summed E-state index contributed by atoms with van der Waals surface area (Å²) in [5, 5.41) is 34.0. The standard InChI is InChI=1S/C23H25N5O3S/c1-13-6-7-18-15(10-13)8-9-28(18)23(31)16-4-3-5-17(11-16)26-22-19(21(30)27-32-22)20(24)25-14(2)12-29/h3-7,10-11,14,26,29H,8-9,12H2,1-2H3,(H2,24,25)(H,27,30). The van der Waals surface area contributed by atoms with E-state index in [-0.39, 0.29) is 35.8 Å². The second kappa shape index (κ2) is 8.97. The zero-order valence-electron chi connectivity index (χ0n) is 17.8. The van der Waals surface area contributed by atoms with Crippen LogP contribution in [0, 0.1) is 12.3 Å². The van der Waals surface area contributed by atoms with Crippen LogP contribution in [0.5, 0.6) is 5.88 Å². The third-order valence-corrected chi connectivity index (χ3v) is 6.08. The van der Waals surface area contributed by atoms with Crippen molar-refractivity contribution in [1.82, 2.24) is 9.69 Å². The first-order valence-electron chi connectivity index (χ1n) is 10.3. The van der Waals surface area contributed by atoms with E-state index in [0.29, 0.717) is 22.8 Å². The van der Waals surface area contributed by atoms with Crippen molar-refractivity contribution in [2.24, 2.45) is 0 Å². The number of carbonyl (C=O) groups excluding carboxylic acids is 1. The Morgan fingerprint density at radius 1 is 1.31 bits per heavy atom. The van der Waals surface area contributed by atoms with E-state index in [0.717, 1.165) is 23.6 Å². The topological polar surface area (TPSA) is 122 Å². The van der Waals surface area contributed by atoms with Crippen LogP contribution in [0.1, 0.15) is 34.0 Å². The molecule has 4 rings (SSSR count). The monoisotopic (exact) mass is 451 g/mol. The number of aliphatic hydroxyl groups is 1. The summed E-state index contributed by atoms with van der Waals surface area (Å²) in [6, 6.07) is 12.9. The van der Waals surface area contributed by atoms with Gasteiger partial charge in [-0.3, -0.25) is 10.2 Å². The quantitative estimate of drug-likeness (QED) is 0.289. The van der Waals surface area contributed by atoms with Gasteiger partial charge < -0.3 is 25.7 Å². The van der Waals surface area contributed by atoms with Crippen molar-refractivity contribution in [2.45, 2.75) is 26.3 Å². The largest absolute Gasteiger partial charge is 0.492 e. The molecule has 1 unspecified atom stereocenters. The molecule has 5 N–H and O–H groups in total. The van der Waals surface area contributed by atoms with E-state index in [1.165, 1.54) is 11.1 Å². The lowest BCUT2D eigenvalue weighted by Gasteiger charge is -2.18. The van der Waals surface area contributed by atoms with Crippen LogP contribution >= 0.6 is 11.5 Å². The Labute approximate surface area is 190 Å². The van der Waals surface area contributed by atoms with Crippen LogP contribution < -0.4 is 15.5 Å². The van der Waals surface area contributed by atoms with Crippen molar-refractivity contribution in [3.8, 4) is 5.88 Å². The van der Waals surface area contributed by atoms with Gasteiger partial charge >= 0.3 is 0 Å². The van der Waals surface area contributed by atoms with Gasteiger partial charge in [0.1, 0.15) is 16.4 Å². The van der Waals surface area contributed by atoms with E-state index in [1.54, 1.807) is 30.0 Å². The van der Waals surface area contributed by atoms with Crippen LogP contribution in [-0.2, 0) is 6.42 Å². The molecule has 1 aliphatic rings. The Morgan fingerprint density at radius 2 is 2.12 bits per heavy atom. The summed E-state index contributed by atoms with van der Waals surface area (Å²) in [6.45, 7) is 4.28. The molecule has 0 bridgehead atoms. The fraction of sp³-hybridized carbons (Fsp3) is 0.261. The highest BCUT2D eigenvalue weighted by Gasteiger charge is 2.26. The van der Waals surface area contributed by atoms with Crippen LogP contribution in [0.3, 0.4) is 0 Å². The van der Waals surface area contributed by atoms with Gasteiger partial charge in [-0.2, -0.15) is 4.37 Å². The number of hydrogen-bond acceptors (Lipinski definition) is 7. The number of fused-ring (bicyclic) bond motifs is 1. The number of aliphatic hydroxyl groups excluding tert-OH is 1. The summed E-state index contributed by atoms with van der Waals surface area (Å²) in [4.78, 5) is 15.0. The number of rotatable bonds is 6. The van der Waals surface area contributed by atoms with Crippen LogP contribution in [0.2, 0.25) is 0 Å². The average molecular weight is 452 g/mol. The molecule has 1 aromatic heterocycles. The molecule has 8 nitrogen and oxygen atoms in total. The van der Waals surface area contributed by atoms with Gasteiger partial charge in [-0.25, -0.2) is 0 Å². The molecule has 0 saturated carbocycles. The molecule has 166 valence electrons. The van der Waals surface area contributed by atoms with Crippen LogP contribution in [0.25, 0.3) is 0 Å². The van der Waals surface area contributed by atoms with Gasteiger partial charge in [-0.15, -0.1) is 0 Å². The van der Waals surface area contributed by atoms with Crippen LogP contribution in [0.4, 0.5) is 16.4 Å². The van der Waals surface area contributed by atoms with Crippen LogP contribution in [-0.4, -0.2) is 45.5 Å². The highest BCUT2D eigenvalue weighted by Crippen LogP contribution is 2.33. The Kier molecular flexibility index (Phi) is 6.11. The van der Waals surface area contributed by atoms with Crippen molar-refractivity contribution in [3.05, 3.63) is 64.7 Å². The highest BCUT2D eigenvalue weighted by molar-refractivity contribution is 7.11. The molecule has 1 aliphatic heterocycles. The fourth-order valence-corrected chi connectivity index (χ4v) is 4.43. The number of aromatic nitrogens is 1. The lowest BCUT2D eigenvalue weighted by Crippen LogP contribution is -2.35. The van der Waals surface area contributed by atoms with Gasteiger partial charge in [-0.05, 0) is 61.6 Å². The number of aromatic hydroxyl groups is 1.